The van der Waals surface area contributed by atoms with Crippen LogP contribution in [0.2, 0.25) is 0 Å². The second-order valence-corrected chi connectivity index (χ2v) is 7.19. The molecule has 0 atom stereocenters. The molecule has 0 spiro atoms. The van der Waals surface area contributed by atoms with Gasteiger partial charge in [-0.3, -0.25) is 0 Å². The Hall–Kier alpha value is -0.210. The molecule has 5 nitrogen and oxygen atoms in total. The Morgan fingerprint density at radius 1 is 1.46 bits per heavy atom. The van der Waals surface area contributed by atoms with E-state index in [9.17, 15) is 8.42 Å². The van der Waals surface area contributed by atoms with Crippen LogP contribution in [-0.4, -0.2) is 36.2 Å². The Morgan fingerprint density at radius 3 is 2.62 bits per heavy atom. The number of nitrogens with one attached hydrogen (secondary N) is 1. The molecule has 0 saturated carbocycles. The van der Waals surface area contributed by atoms with Crippen LogP contribution in [0.3, 0.4) is 0 Å². The molecule has 0 aliphatic carbocycles. The molecule has 0 amide bonds. The standard InChI is InChI=1S/C5H6BrN3O2S2/c6-4-8-9-5(12-4)7-3-1-13(10,11)2-3/h3H,1-2H2,(H,7,9). The molecule has 1 aromatic heterocycles. The largest absolute Gasteiger partial charge is 0.355 e. The summed E-state index contributed by atoms with van der Waals surface area (Å²) in [5.74, 6) is 0.397. The van der Waals surface area contributed by atoms with Gasteiger partial charge < -0.3 is 5.32 Å². The molecule has 1 saturated heterocycles. The van der Waals surface area contributed by atoms with Crippen LogP contribution in [0.4, 0.5) is 5.13 Å². The minimum atomic E-state index is -2.76. The highest BCUT2D eigenvalue weighted by molar-refractivity contribution is 9.11. The summed E-state index contributed by atoms with van der Waals surface area (Å²) in [5, 5.41) is 11.2. The third-order valence-electron chi connectivity index (χ3n) is 1.64. The number of nitrogens with zero attached hydrogens (tertiary/aromatic N) is 2. The van der Waals surface area contributed by atoms with Gasteiger partial charge in [0.15, 0.2) is 13.8 Å². The normalized spacial score (nSPS) is 21.0. The quantitative estimate of drug-likeness (QED) is 0.856. The van der Waals surface area contributed by atoms with Gasteiger partial charge in [0.25, 0.3) is 0 Å². The summed E-state index contributed by atoms with van der Waals surface area (Å²) >= 11 is 4.53. The number of anilines is 1. The van der Waals surface area contributed by atoms with E-state index >= 15 is 0 Å². The smallest absolute Gasteiger partial charge is 0.206 e. The highest BCUT2D eigenvalue weighted by atomic mass is 79.9. The van der Waals surface area contributed by atoms with Crippen molar-refractivity contribution in [3.8, 4) is 0 Å². The van der Waals surface area contributed by atoms with Gasteiger partial charge in [-0.1, -0.05) is 11.3 Å². The van der Waals surface area contributed by atoms with Crippen LogP contribution < -0.4 is 5.32 Å². The number of hydrogen-bond acceptors (Lipinski definition) is 6. The summed E-state index contributed by atoms with van der Waals surface area (Å²) in [7, 11) is -2.76. The van der Waals surface area contributed by atoms with E-state index in [1.165, 1.54) is 11.3 Å². The van der Waals surface area contributed by atoms with E-state index in [0.29, 0.717) is 9.05 Å². The molecule has 0 bridgehead atoms. The van der Waals surface area contributed by atoms with Crippen molar-refractivity contribution in [1.82, 2.24) is 10.2 Å². The average Bonchev–Trinajstić information content (AvgIpc) is 2.31. The topological polar surface area (TPSA) is 72.0 Å². The van der Waals surface area contributed by atoms with Crippen molar-refractivity contribution in [2.24, 2.45) is 0 Å². The summed E-state index contributed by atoms with van der Waals surface area (Å²) in [4.78, 5) is 0. The lowest BCUT2D eigenvalue weighted by Crippen LogP contribution is -2.46. The first-order valence-electron chi connectivity index (χ1n) is 3.51. The zero-order chi connectivity index (χ0) is 9.47. The monoisotopic (exact) mass is 283 g/mol. The van der Waals surface area contributed by atoms with Gasteiger partial charge in [-0.05, 0) is 15.9 Å². The molecular formula is C5H6BrN3O2S2. The molecule has 1 fully saturated rings. The summed E-state index contributed by atoms with van der Waals surface area (Å²) in [5.41, 5.74) is 0. The Kier molecular flexibility index (Phi) is 2.28. The van der Waals surface area contributed by atoms with Crippen LogP contribution in [0, 0.1) is 0 Å². The van der Waals surface area contributed by atoms with Gasteiger partial charge in [0.05, 0.1) is 17.5 Å². The molecule has 0 aromatic carbocycles. The highest BCUT2D eigenvalue weighted by Gasteiger charge is 2.33. The van der Waals surface area contributed by atoms with E-state index in [4.69, 9.17) is 0 Å². The third-order valence-corrected chi connectivity index (χ3v) is 4.75. The Bertz CT molecular complexity index is 403. The van der Waals surface area contributed by atoms with Gasteiger partial charge in [0, 0.05) is 0 Å². The van der Waals surface area contributed by atoms with Gasteiger partial charge in [-0.25, -0.2) is 8.42 Å². The van der Waals surface area contributed by atoms with Crippen LogP contribution in [0.5, 0.6) is 0 Å². The van der Waals surface area contributed by atoms with E-state index < -0.39 is 9.84 Å². The van der Waals surface area contributed by atoms with Crippen LogP contribution >= 0.6 is 27.3 Å². The zero-order valence-corrected chi connectivity index (χ0v) is 9.62. The number of hydrogen-bond donors (Lipinski definition) is 1. The highest BCUT2D eigenvalue weighted by Crippen LogP contribution is 2.23. The molecule has 2 rings (SSSR count). The van der Waals surface area contributed by atoms with E-state index in [-0.39, 0.29) is 17.5 Å². The van der Waals surface area contributed by atoms with E-state index in [2.05, 4.69) is 31.4 Å². The predicted octanol–water partition coefficient (Wildman–Crippen LogP) is 0.509. The minimum Gasteiger partial charge on any atom is -0.355 e. The maximum atomic E-state index is 10.8. The second kappa shape index (κ2) is 3.18. The molecule has 13 heavy (non-hydrogen) atoms. The molecule has 0 unspecified atom stereocenters. The molecule has 1 N–H and O–H groups in total. The van der Waals surface area contributed by atoms with Crippen molar-refractivity contribution in [3.05, 3.63) is 3.92 Å². The molecule has 1 aromatic rings. The minimum absolute atomic E-state index is 0.00449. The first-order chi connectivity index (χ1) is 6.05. The van der Waals surface area contributed by atoms with Crippen LogP contribution in [0.15, 0.2) is 3.92 Å². The van der Waals surface area contributed by atoms with Gasteiger partial charge in [0.2, 0.25) is 5.13 Å². The maximum Gasteiger partial charge on any atom is 0.206 e. The fraction of sp³-hybridized carbons (Fsp3) is 0.600. The second-order valence-electron chi connectivity index (χ2n) is 2.78. The lowest BCUT2D eigenvalue weighted by atomic mass is 10.4. The summed E-state index contributed by atoms with van der Waals surface area (Å²) in [6, 6.07) is 0.00449. The van der Waals surface area contributed by atoms with Crippen LogP contribution in [0.1, 0.15) is 0 Å². The van der Waals surface area contributed by atoms with Gasteiger partial charge >= 0.3 is 0 Å². The van der Waals surface area contributed by atoms with Gasteiger partial charge in [0.1, 0.15) is 0 Å². The van der Waals surface area contributed by atoms with Crippen LogP contribution in [-0.2, 0) is 9.84 Å². The Labute approximate surface area is 87.6 Å². The summed E-state index contributed by atoms with van der Waals surface area (Å²) in [6.45, 7) is 0. The van der Waals surface area contributed by atoms with Gasteiger partial charge in [-0.15, -0.1) is 10.2 Å². The van der Waals surface area contributed by atoms with E-state index in [0.717, 1.165) is 0 Å². The van der Waals surface area contributed by atoms with Crippen molar-refractivity contribution in [2.45, 2.75) is 6.04 Å². The molecule has 1 aliphatic rings. The number of halogens is 1. The van der Waals surface area contributed by atoms with Crippen LogP contribution in [0.25, 0.3) is 0 Å². The first-order valence-corrected chi connectivity index (χ1v) is 6.94. The summed E-state index contributed by atoms with van der Waals surface area (Å²) < 4.78 is 22.3. The SMILES string of the molecule is O=S1(=O)CC(Nc2nnc(Br)s2)C1. The molecule has 2 heterocycles. The van der Waals surface area contributed by atoms with Crippen molar-refractivity contribution in [1.29, 1.82) is 0 Å². The number of sulfone groups is 1. The third kappa shape index (κ3) is 2.18. The van der Waals surface area contributed by atoms with Crippen molar-refractivity contribution >= 4 is 42.2 Å². The van der Waals surface area contributed by atoms with Gasteiger partial charge in [-0.2, -0.15) is 0 Å². The molecule has 72 valence electrons. The Balaban J connectivity index is 1.94. The van der Waals surface area contributed by atoms with Crippen molar-refractivity contribution in [3.63, 3.8) is 0 Å². The fourth-order valence-corrected chi connectivity index (χ4v) is 3.47. The predicted molar refractivity (Wildman–Crippen MR) is 53.7 cm³/mol. The molecule has 1 aliphatic heterocycles. The summed E-state index contributed by atoms with van der Waals surface area (Å²) in [6.07, 6.45) is 0. The van der Waals surface area contributed by atoms with Crippen molar-refractivity contribution in [2.75, 3.05) is 16.8 Å². The lowest BCUT2D eigenvalue weighted by molar-refractivity contribution is 0.570. The Morgan fingerprint density at radius 2 is 2.15 bits per heavy atom. The fourth-order valence-electron chi connectivity index (χ4n) is 1.09. The number of aromatic nitrogens is 2. The molecule has 0 radical (unpaired) electrons. The molecule has 8 heteroatoms. The van der Waals surface area contributed by atoms with Crippen molar-refractivity contribution < 1.29 is 8.42 Å². The zero-order valence-electron chi connectivity index (χ0n) is 6.40. The maximum absolute atomic E-state index is 10.8. The van der Waals surface area contributed by atoms with E-state index in [1.54, 1.807) is 0 Å². The first kappa shape index (κ1) is 9.35. The molecular weight excluding hydrogens is 278 g/mol. The van der Waals surface area contributed by atoms with E-state index in [1.807, 2.05) is 0 Å². The average molecular weight is 284 g/mol. The lowest BCUT2D eigenvalue weighted by Gasteiger charge is -2.25. The number of rotatable bonds is 2.